The molecule has 0 fully saturated rings. The number of nitrogens with zero attached hydrogens (tertiary/aromatic N) is 4. The van der Waals surface area contributed by atoms with Gasteiger partial charge in [-0.2, -0.15) is 0 Å². The Bertz CT molecular complexity index is 775. The summed E-state index contributed by atoms with van der Waals surface area (Å²) in [5.74, 6) is 1.44. The van der Waals surface area contributed by atoms with Crippen LogP contribution >= 0.6 is 15.9 Å². The maximum Gasteiger partial charge on any atom is 0.242 e. The first-order chi connectivity index (χ1) is 11.2. The summed E-state index contributed by atoms with van der Waals surface area (Å²) in [6.07, 6.45) is 0. The van der Waals surface area contributed by atoms with Crippen molar-refractivity contribution >= 4 is 21.9 Å². The summed E-state index contributed by atoms with van der Waals surface area (Å²) in [7, 11) is 1.79. The Morgan fingerprint density at radius 3 is 2.74 bits per heavy atom. The first-order valence-corrected chi connectivity index (χ1v) is 7.93. The lowest BCUT2D eigenvalue weighted by atomic mass is 10.2. The molecule has 2 aromatic carbocycles. The second-order valence-electron chi connectivity index (χ2n) is 5.01. The molecule has 118 valence electrons. The first-order valence-electron chi connectivity index (χ1n) is 7.14. The average Bonchev–Trinajstić information content (AvgIpc) is 2.98. The van der Waals surface area contributed by atoms with Crippen molar-refractivity contribution in [3.8, 4) is 5.75 Å². The fourth-order valence-electron chi connectivity index (χ4n) is 2.12. The molecule has 0 aliphatic rings. The number of nitrogens with one attached hydrogen (secondary N) is 1. The SMILES string of the molecule is Cn1nnnc1NCc1cc(Br)ccc1OCc1ccccc1. The standard InChI is InChI=1S/C16H16BrN5O/c1-22-16(19-20-21-22)18-10-13-9-14(17)7-8-15(13)23-11-12-5-3-2-4-6-12/h2-9H,10-11H2,1H3,(H,18,19,21). The van der Waals surface area contributed by atoms with E-state index in [4.69, 9.17) is 4.74 Å². The quantitative estimate of drug-likeness (QED) is 0.718. The highest BCUT2D eigenvalue weighted by Crippen LogP contribution is 2.25. The fraction of sp³-hybridized carbons (Fsp3) is 0.188. The van der Waals surface area contributed by atoms with Gasteiger partial charge < -0.3 is 10.1 Å². The predicted octanol–water partition coefficient (Wildman–Crippen LogP) is 3.16. The van der Waals surface area contributed by atoms with Crippen molar-refractivity contribution in [1.82, 2.24) is 20.2 Å². The first kappa shape index (κ1) is 15.5. The zero-order chi connectivity index (χ0) is 16.1. The van der Waals surface area contributed by atoms with Gasteiger partial charge in [-0.3, -0.25) is 0 Å². The van der Waals surface area contributed by atoms with Crippen LogP contribution in [0.1, 0.15) is 11.1 Å². The molecule has 0 saturated carbocycles. The number of anilines is 1. The lowest BCUT2D eigenvalue weighted by Gasteiger charge is -2.13. The Morgan fingerprint density at radius 2 is 2.00 bits per heavy atom. The molecule has 3 rings (SSSR count). The highest BCUT2D eigenvalue weighted by Gasteiger charge is 2.07. The van der Waals surface area contributed by atoms with E-state index in [2.05, 4.69) is 36.8 Å². The molecule has 1 aromatic heterocycles. The lowest BCUT2D eigenvalue weighted by molar-refractivity contribution is 0.303. The minimum absolute atomic E-state index is 0.529. The fourth-order valence-corrected chi connectivity index (χ4v) is 2.52. The van der Waals surface area contributed by atoms with Gasteiger partial charge in [0.2, 0.25) is 5.95 Å². The number of aromatic nitrogens is 4. The molecule has 1 heterocycles. The molecular formula is C16H16BrN5O. The van der Waals surface area contributed by atoms with Crippen LogP contribution in [0.4, 0.5) is 5.95 Å². The van der Waals surface area contributed by atoms with Crippen LogP contribution in [0.3, 0.4) is 0 Å². The van der Waals surface area contributed by atoms with E-state index in [0.717, 1.165) is 21.3 Å². The predicted molar refractivity (Wildman–Crippen MR) is 91.0 cm³/mol. The molecule has 0 bridgehead atoms. The molecule has 3 aromatic rings. The summed E-state index contributed by atoms with van der Waals surface area (Å²) >= 11 is 3.50. The van der Waals surface area contributed by atoms with Crippen LogP contribution in [0.25, 0.3) is 0 Å². The van der Waals surface area contributed by atoms with Crippen LogP contribution in [-0.2, 0) is 20.2 Å². The van der Waals surface area contributed by atoms with Crippen molar-refractivity contribution in [2.45, 2.75) is 13.2 Å². The van der Waals surface area contributed by atoms with Crippen LogP contribution in [0.2, 0.25) is 0 Å². The summed E-state index contributed by atoms with van der Waals surface area (Å²) in [4.78, 5) is 0. The Kier molecular flexibility index (Phi) is 4.87. The number of ether oxygens (including phenoxy) is 1. The smallest absolute Gasteiger partial charge is 0.242 e. The third-order valence-electron chi connectivity index (χ3n) is 3.32. The van der Waals surface area contributed by atoms with Gasteiger partial charge in [0.05, 0.1) is 0 Å². The molecule has 7 heteroatoms. The van der Waals surface area contributed by atoms with E-state index >= 15 is 0 Å². The lowest BCUT2D eigenvalue weighted by Crippen LogP contribution is -2.07. The Morgan fingerprint density at radius 1 is 1.17 bits per heavy atom. The number of tetrazole rings is 1. The molecule has 0 amide bonds. The van der Waals surface area contributed by atoms with Crippen LogP contribution in [-0.4, -0.2) is 20.2 Å². The second-order valence-corrected chi connectivity index (χ2v) is 5.92. The molecule has 1 N–H and O–H groups in total. The van der Waals surface area contributed by atoms with Crippen LogP contribution in [0.15, 0.2) is 53.0 Å². The zero-order valence-electron chi connectivity index (χ0n) is 12.6. The number of aryl methyl sites for hydroxylation is 1. The molecule has 0 atom stereocenters. The number of hydrogen-bond acceptors (Lipinski definition) is 5. The molecule has 0 aliphatic heterocycles. The van der Waals surface area contributed by atoms with Gasteiger partial charge in [0.15, 0.2) is 0 Å². The summed E-state index contributed by atoms with van der Waals surface area (Å²) in [5.41, 5.74) is 2.16. The monoisotopic (exact) mass is 373 g/mol. The van der Waals surface area contributed by atoms with E-state index in [1.807, 2.05) is 48.5 Å². The van der Waals surface area contributed by atoms with Gasteiger partial charge in [-0.1, -0.05) is 51.4 Å². The second kappa shape index (κ2) is 7.23. The molecule has 23 heavy (non-hydrogen) atoms. The normalized spacial score (nSPS) is 10.5. The van der Waals surface area contributed by atoms with Crippen LogP contribution in [0.5, 0.6) is 5.75 Å². The van der Waals surface area contributed by atoms with Crippen molar-refractivity contribution in [3.05, 3.63) is 64.1 Å². The zero-order valence-corrected chi connectivity index (χ0v) is 14.2. The van der Waals surface area contributed by atoms with E-state index in [9.17, 15) is 0 Å². The summed E-state index contributed by atoms with van der Waals surface area (Å²) in [6.45, 7) is 1.10. The third-order valence-corrected chi connectivity index (χ3v) is 3.81. The summed E-state index contributed by atoms with van der Waals surface area (Å²) < 4.78 is 8.54. The van der Waals surface area contributed by atoms with E-state index in [-0.39, 0.29) is 0 Å². The van der Waals surface area contributed by atoms with Gasteiger partial charge in [-0.05, 0) is 34.2 Å². The number of rotatable bonds is 6. The van der Waals surface area contributed by atoms with E-state index < -0.39 is 0 Å². The van der Waals surface area contributed by atoms with Crippen molar-refractivity contribution < 1.29 is 4.74 Å². The minimum Gasteiger partial charge on any atom is -0.489 e. The Labute approximate surface area is 142 Å². The van der Waals surface area contributed by atoms with Gasteiger partial charge >= 0.3 is 0 Å². The average molecular weight is 374 g/mol. The van der Waals surface area contributed by atoms with Crippen LogP contribution < -0.4 is 10.1 Å². The minimum atomic E-state index is 0.529. The molecule has 0 aliphatic carbocycles. The molecule has 0 saturated heterocycles. The van der Waals surface area contributed by atoms with Gasteiger partial charge in [0.25, 0.3) is 0 Å². The summed E-state index contributed by atoms with van der Waals surface area (Å²) in [5, 5.41) is 14.5. The Hall–Kier alpha value is -2.41. The van der Waals surface area contributed by atoms with Gasteiger partial charge in [-0.25, -0.2) is 4.68 Å². The highest BCUT2D eigenvalue weighted by atomic mass is 79.9. The van der Waals surface area contributed by atoms with Crippen molar-refractivity contribution in [1.29, 1.82) is 0 Å². The van der Waals surface area contributed by atoms with Gasteiger partial charge in [0.1, 0.15) is 12.4 Å². The molecule has 0 unspecified atom stereocenters. The maximum atomic E-state index is 5.96. The molecule has 0 spiro atoms. The Balaban J connectivity index is 1.71. The number of hydrogen-bond donors (Lipinski definition) is 1. The van der Waals surface area contributed by atoms with Crippen molar-refractivity contribution in [2.75, 3.05) is 5.32 Å². The summed E-state index contributed by atoms with van der Waals surface area (Å²) in [6, 6.07) is 16.0. The molecular weight excluding hydrogens is 358 g/mol. The maximum absolute atomic E-state index is 5.96. The molecule has 0 radical (unpaired) electrons. The van der Waals surface area contributed by atoms with E-state index in [0.29, 0.717) is 19.1 Å². The highest BCUT2D eigenvalue weighted by molar-refractivity contribution is 9.10. The van der Waals surface area contributed by atoms with Gasteiger partial charge in [0, 0.05) is 23.6 Å². The van der Waals surface area contributed by atoms with E-state index in [1.165, 1.54) is 0 Å². The number of halogens is 1. The van der Waals surface area contributed by atoms with Crippen molar-refractivity contribution in [3.63, 3.8) is 0 Å². The van der Waals surface area contributed by atoms with Gasteiger partial charge in [-0.15, -0.1) is 0 Å². The topological polar surface area (TPSA) is 64.9 Å². The number of benzene rings is 2. The molecule has 6 nitrogen and oxygen atoms in total. The van der Waals surface area contributed by atoms with Crippen LogP contribution in [0, 0.1) is 0 Å². The van der Waals surface area contributed by atoms with Crippen molar-refractivity contribution in [2.24, 2.45) is 7.05 Å². The van der Waals surface area contributed by atoms with E-state index in [1.54, 1.807) is 11.7 Å². The third kappa shape index (κ3) is 4.07. The largest absolute Gasteiger partial charge is 0.489 e.